The second-order valence-electron chi connectivity index (χ2n) is 3.44. The number of rotatable bonds is 2. The summed E-state index contributed by atoms with van der Waals surface area (Å²) in [6.45, 7) is 5.85. The summed E-state index contributed by atoms with van der Waals surface area (Å²) in [6, 6.07) is 3.53. The molecule has 0 saturated heterocycles. The number of halogens is 1. The Morgan fingerprint density at radius 2 is 2.00 bits per heavy atom. The number of allylic oxidation sites excluding steroid dienone is 2. The van der Waals surface area contributed by atoms with E-state index in [4.69, 9.17) is 11.6 Å². The van der Waals surface area contributed by atoms with Gasteiger partial charge in [0, 0.05) is 25.5 Å². The van der Waals surface area contributed by atoms with Gasteiger partial charge in [-0.05, 0) is 39.0 Å². The van der Waals surface area contributed by atoms with Gasteiger partial charge in [0.05, 0.1) is 5.69 Å². The molecule has 0 atom stereocenters. The lowest BCUT2D eigenvalue weighted by atomic mass is 10.3. The molecule has 0 spiro atoms. The molecule has 0 aliphatic carbocycles. The maximum absolute atomic E-state index is 5.44. The standard InChI is InChI=1S/C7H14N2.C5H5ClN2/c1-6(8-3)5-7(2)9-4;1-4-2-3-5(6)8-7-4/h5,8H,1-4H3;2-3H,1H3/b6-5+,9-7?;. The SMILES string of the molecule is CN=C(C)/C=C(\C)NC.Cc1ccc(Cl)nn1. The predicted molar refractivity (Wildman–Crippen MR) is 73.6 cm³/mol. The van der Waals surface area contributed by atoms with Gasteiger partial charge in [-0.25, -0.2) is 0 Å². The van der Waals surface area contributed by atoms with Gasteiger partial charge in [-0.3, -0.25) is 4.99 Å². The molecule has 0 amide bonds. The van der Waals surface area contributed by atoms with Crippen LogP contribution in [0.2, 0.25) is 5.15 Å². The van der Waals surface area contributed by atoms with Crippen LogP contribution in [-0.4, -0.2) is 30.0 Å². The minimum atomic E-state index is 0.440. The minimum absolute atomic E-state index is 0.440. The summed E-state index contributed by atoms with van der Waals surface area (Å²) in [5, 5.41) is 10.7. The van der Waals surface area contributed by atoms with Crippen LogP contribution in [0.5, 0.6) is 0 Å². The van der Waals surface area contributed by atoms with Crippen molar-refractivity contribution in [1.82, 2.24) is 15.5 Å². The third-order valence-electron chi connectivity index (χ3n) is 1.94. The molecular formula is C12H19ClN4. The summed E-state index contributed by atoms with van der Waals surface area (Å²) in [4.78, 5) is 3.98. The van der Waals surface area contributed by atoms with Crippen LogP contribution < -0.4 is 5.32 Å². The fraction of sp³-hybridized carbons (Fsp3) is 0.417. The fourth-order valence-corrected chi connectivity index (χ4v) is 0.934. The Balaban J connectivity index is 0.000000302. The van der Waals surface area contributed by atoms with Gasteiger partial charge in [-0.15, -0.1) is 5.10 Å². The van der Waals surface area contributed by atoms with E-state index >= 15 is 0 Å². The predicted octanol–water partition coefficient (Wildman–Crippen LogP) is 2.64. The Morgan fingerprint density at radius 1 is 1.35 bits per heavy atom. The van der Waals surface area contributed by atoms with E-state index in [1.807, 2.05) is 40.0 Å². The highest BCUT2D eigenvalue weighted by molar-refractivity contribution is 6.29. The van der Waals surface area contributed by atoms with Gasteiger partial charge in [0.15, 0.2) is 5.15 Å². The van der Waals surface area contributed by atoms with E-state index in [1.165, 1.54) is 0 Å². The molecule has 0 fully saturated rings. The molecular weight excluding hydrogens is 236 g/mol. The normalized spacial score (nSPS) is 11.6. The van der Waals surface area contributed by atoms with Crippen LogP contribution >= 0.6 is 11.6 Å². The average Bonchev–Trinajstić information content (AvgIpc) is 2.33. The van der Waals surface area contributed by atoms with Crippen LogP contribution in [0, 0.1) is 6.92 Å². The van der Waals surface area contributed by atoms with E-state index in [0.717, 1.165) is 17.1 Å². The summed E-state index contributed by atoms with van der Waals surface area (Å²) < 4.78 is 0. The molecule has 0 aromatic carbocycles. The van der Waals surface area contributed by atoms with Gasteiger partial charge in [-0.2, -0.15) is 5.10 Å². The molecule has 94 valence electrons. The van der Waals surface area contributed by atoms with E-state index < -0.39 is 0 Å². The van der Waals surface area contributed by atoms with E-state index in [2.05, 4.69) is 20.5 Å². The van der Waals surface area contributed by atoms with Crippen LogP contribution in [-0.2, 0) is 0 Å². The molecule has 0 radical (unpaired) electrons. The Kier molecular flexibility index (Phi) is 7.97. The Hall–Kier alpha value is -1.42. The number of nitrogens with one attached hydrogen (secondary N) is 1. The Labute approximate surface area is 108 Å². The average molecular weight is 255 g/mol. The first-order valence-corrected chi connectivity index (χ1v) is 5.62. The third-order valence-corrected chi connectivity index (χ3v) is 2.14. The molecule has 1 N–H and O–H groups in total. The first-order valence-electron chi connectivity index (χ1n) is 5.25. The zero-order chi connectivity index (χ0) is 13.3. The maximum atomic E-state index is 5.44. The third kappa shape index (κ3) is 8.39. The number of hydrogen-bond acceptors (Lipinski definition) is 4. The van der Waals surface area contributed by atoms with Crippen LogP contribution in [0.4, 0.5) is 0 Å². The molecule has 1 aromatic heterocycles. The van der Waals surface area contributed by atoms with Crippen molar-refractivity contribution in [2.24, 2.45) is 4.99 Å². The molecule has 1 heterocycles. The van der Waals surface area contributed by atoms with Crippen molar-refractivity contribution in [3.8, 4) is 0 Å². The van der Waals surface area contributed by atoms with Crippen molar-refractivity contribution in [2.45, 2.75) is 20.8 Å². The largest absolute Gasteiger partial charge is 0.392 e. The highest BCUT2D eigenvalue weighted by Crippen LogP contribution is 1.99. The maximum Gasteiger partial charge on any atom is 0.151 e. The number of aryl methyl sites for hydroxylation is 1. The zero-order valence-electron chi connectivity index (χ0n) is 11.0. The molecule has 5 heteroatoms. The second kappa shape index (κ2) is 8.70. The summed E-state index contributed by atoms with van der Waals surface area (Å²) >= 11 is 5.44. The number of aliphatic imine (C=N–C) groups is 1. The van der Waals surface area contributed by atoms with Crippen molar-refractivity contribution in [3.05, 3.63) is 34.8 Å². The first kappa shape index (κ1) is 15.6. The van der Waals surface area contributed by atoms with E-state index in [0.29, 0.717) is 5.15 Å². The first-order chi connectivity index (χ1) is 7.99. The van der Waals surface area contributed by atoms with Crippen molar-refractivity contribution < 1.29 is 0 Å². The molecule has 0 bridgehead atoms. The van der Waals surface area contributed by atoms with E-state index in [-0.39, 0.29) is 0 Å². The lowest BCUT2D eigenvalue weighted by Crippen LogP contribution is -2.03. The van der Waals surface area contributed by atoms with Crippen LogP contribution in [0.25, 0.3) is 0 Å². The highest BCUT2D eigenvalue weighted by atomic mass is 35.5. The quantitative estimate of drug-likeness (QED) is 0.826. The molecule has 0 aliphatic rings. The van der Waals surface area contributed by atoms with Crippen molar-refractivity contribution >= 4 is 17.3 Å². The zero-order valence-corrected chi connectivity index (χ0v) is 11.7. The van der Waals surface area contributed by atoms with E-state index in [1.54, 1.807) is 13.1 Å². The van der Waals surface area contributed by atoms with Crippen molar-refractivity contribution in [2.75, 3.05) is 14.1 Å². The van der Waals surface area contributed by atoms with Crippen LogP contribution in [0.15, 0.2) is 28.9 Å². The van der Waals surface area contributed by atoms with Gasteiger partial charge in [0.25, 0.3) is 0 Å². The fourth-order valence-electron chi connectivity index (χ4n) is 0.833. The Morgan fingerprint density at radius 3 is 2.35 bits per heavy atom. The van der Waals surface area contributed by atoms with Gasteiger partial charge in [-0.1, -0.05) is 11.6 Å². The topological polar surface area (TPSA) is 50.2 Å². The molecule has 4 nitrogen and oxygen atoms in total. The van der Waals surface area contributed by atoms with Gasteiger partial charge in [0.2, 0.25) is 0 Å². The second-order valence-corrected chi connectivity index (χ2v) is 3.83. The van der Waals surface area contributed by atoms with Crippen molar-refractivity contribution in [3.63, 3.8) is 0 Å². The molecule has 0 unspecified atom stereocenters. The molecule has 0 saturated carbocycles. The molecule has 17 heavy (non-hydrogen) atoms. The minimum Gasteiger partial charge on any atom is -0.392 e. The van der Waals surface area contributed by atoms with Gasteiger partial charge >= 0.3 is 0 Å². The number of hydrogen-bond donors (Lipinski definition) is 1. The highest BCUT2D eigenvalue weighted by Gasteiger charge is 1.85. The molecule has 1 aromatic rings. The van der Waals surface area contributed by atoms with Gasteiger partial charge < -0.3 is 5.32 Å². The number of aromatic nitrogens is 2. The van der Waals surface area contributed by atoms with Crippen molar-refractivity contribution in [1.29, 1.82) is 0 Å². The smallest absolute Gasteiger partial charge is 0.151 e. The van der Waals surface area contributed by atoms with E-state index in [9.17, 15) is 0 Å². The Bertz CT molecular complexity index is 361. The lowest BCUT2D eigenvalue weighted by Gasteiger charge is -1.96. The van der Waals surface area contributed by atoms with Gasteiger partial charge in [0.1, 0.15) is 0 Å². The lowest BCUT2D eigenvalue weighted by molar-refractivity contribution is 0.981. The monoisotopic (exact) mass is 254 g/mol. The summed E-state index contributed by atoms with van der Waals surface area (Å²) in [5.74, 6) is 0. The van der Waals surface area contributed by atoms with Crippen LogP contribution in [0.3, 0.4) is 0 Å². The molecule has 1 rings (SSSR count). The summed E-state index contributed by atoms with van der Waals surface area (Å²) in [6.07, 6.45) is 2.00. The molecule has 0 aliphatic heterocycles. The number of nitrogens with zero attached hydrogens (tertiary/aromatic N) is 3. The van der Waals surface area contributed by atoms with Crippen LogP contribution in [0.1, 0.15) is 19.5 Å². The summed E-state index contributed by atoms with van der Waals surface area (Å²) in [7, 11) is 3.68. The summed E-state index contributed by atoms with van der Waals surface area (Å²) in [5.41, 5.74) is 3.06.